The van der Waals surface area contributed by atoms with Crippen LogP contribution in [-0.2, 0) is 15.9 Å². The lowest BCUT2D eigenvalue weighted by Crippen LogP contribution is -2.12. The van der Waals surface area contributed by atoms with Gasteiger partial charge in [-0.1, -0.05) is 11.8 Å². The predicted octanol–water partition coefficient (Wildman–Crippen LogP) is 3.26. The highest BCUT2D eigenvalue weighted by atomic mass is 32.2. The number of thioether (sulfide) groups is 1. The summed E-state index contributed by atoms with van der Waals surface area (Å²) in [6.07, 6.45) is 1.49. The molecule has 0 aliphatic heterocycles. The zero-order valence-electron chi connectivity index (χ0n) is 12.6. The Balaban J connectivity index is 2.94. The highest BCUT2D eigenvalue weighted by molar-refractivity contribution is 7.98. The van der Waals surface area contributed by atoms with E-state index < -0.39 is 61.8 Å². The van der Waals surface area contributed by atoms with Crippen LogP contribution in [0.5, 0.6) is 0 Å². The highest BCUT2D eigenvalue weighted by Crippen LogP contribution is 2.34. The molecule has 0 atom stereocenters. The van der Waals surface area contributed by atoms with Gasteiger partial charge in [-0.2, -0.15) is 8.42 Å². The number of aromatic nitrogens is 2. The number of halogens is 5. The van der Waals surface area contributed by atoms with Crippen LogP contribution in [0.15, 0.2) is 5.16 Å². The maximum absolute atomic E-state index is 14.1. The van der Waals surface area contributed by atoms with Gasteiger partial charge in [0.2, 0.25) is 5.82 Å². The first kappa shape index (κ1) is 19.5. The molecule has 0 radical (unpaired) electrons. The van der Waals surface area contributed by atoms with Crippen molar-refractivity contribution in [3.8, 4) is 11.3 Å². The minimum absolute atomic E-state index is 0.0875. The second kappa shape index (κ2) is 6.84. The molecule has 1 aromatic carbocycles. The second-order valence-corrected chi connectivity index (χ2v) is 7.02. The van der Waals surface area contributed by atoms with Crippen LogP contribution >= 0.6 is 11.8 Å². The third-order valence-electron chi connectivity index (χ3n) is 3.15. The summed E-state index contributed by atoms with van der Waals surface area (Å²) in [7, 11) is -4.70. The standard InChI is InChI=1S/C13H9F5N2O3S2/c1-4-5(3-25(21,22)23)12(20-13(19-4)24-2)6-7(14)9(16)11(18)10(17)8(6)15/h3H2,1-2H3,(H,21,22,23). The van der Waals surface area contributed by atoms with Gasteiger partial charge in [0.25, 0.3) is 10.1 Å². The first-order valence-corrected chi connectivity index (χ1v) is 9.19. The Morgan fingerprint density at radius 2 is 1.44 bits per heavy atom. The molecule has 2 rings (SSSR count). The summed E-state index contributed by atoms with van der Waals surface area (Å²) in [6.45, 7) is 1.25. The van der Waals surface area contributed by atoms with Gasteiger partial charge < -0.3 is 0 Å². The summed E-state index contributed by atoms with van der Waals surface area (Å²) in [6, 6.07) is 0. The first-order valence-electron chi connectivity index (χ1n) is 6.36. The molecule has 136 valence electrons. The predicted molar refractivity (Wildman–Crippen MR) is 79.0 cm³/mol. The Bertz CT molecular complexity index is 938. The summed E-state index contributed by atoms with van der Waals surface area (Å²) in [5.41, 5.74) is -2.78. The number of nitrogens with zero attached hydrogens (tertiary/aromatic N) is 2. The van der Waals surface area contributed by atoms with E-state index in [4.69, 9.17) is 4.55 Å². The molecule has 0 aliphatic carbocycles. The smallest absolute Gasteiger partial charge is 0.269 e. The van der Waals surface area contributed by atoms with Crippen molar-refractivity contribution < 1.29 is 34.9 Å². The maximum atomic E-state index is 14.1. The normalized spacial score (nSPS) is 11.8. The van der Waals surface area contributed by atoms with Crippen molar-refractivity contribution in [2.75, 3.05) is 6.26 Å². The lowest BCUT2D eigenvalue weighted by atomic mass is 10.0. The molecule has 0 fully saturated rings. The van der Waals surface area contributed by atoms with Gasteiger partial charge >= 0.3 is 0 Å². The van der Waals surface area contributed by atoms with E-state index in [9.17, 15) is 30.4 Å². The third kappa shape index (κ3) is 3.75. The van der Waals surface area contributed by atoms with Gasteiger partial charge in [-0.05, 0) is 13.2 Å². The SMILES string of the molecule is CSc1nc(C)c(CS(=O)(=O)O)c(-c2c(F)c(F)c(F)c(F)c2F)n1. The molecule has 1 aromatic heterocycles. The Kier molecular flexibility index (Phi) is 5.35. The van der Waals surface area contributed by atoms with Gasteiger partial charge in [0, 0.05) is 11.3 Å². The van der Waals surface area contributed by atoms with Crippen LogP contribution < -0.4 is 0 Å². The Morgan fingerprint density at radius 1 is 0.960 bits per heavy atom. The minimum atomic E-state index is -4.70. The fraction of sp³-hybridized carbons (Fsp3) is 0.231. The lowest BCUT2D eigenvalue weighted by Gasteiger charge is -2.14. The fourth-order valence-corrected chi connectivity index (χ4v) is 3.16. The average molecular weight is 400 g/mol. The quantitative estimate of drug-likeness (QED) is 0.212. The van der Waals surface area contributed by atoms with Crippen LogP contribution in [0, 0.1) is 36.0 Å². The van der Waals surface area contributed by atoms with Gasteiger partial charge in [0.1, 0.15) is 5.75 Å². The number of hydrogen-bond acceptors (Lipinski definition) is 5. The molecule has 0 saturated heterocycles. The molecular formula is C13H9F5N2O3S2. The Labute approximate surface area is 143 Å². The largest absolute Gasteiger partial charge is 0.285 e. The molecule has 0 aliphatic rings. The van der Waals surface area contributed by atoms with Gasteiger partial charge in [-0.25, -0.2) is 31.9 Å². The molecule has 2 aromatic rings. The molecule has 1 heterocycles. The summed E-state index contributed by atoms with van der Waals surface area (Å²) in [5, 5.41) is -0.0875. The van der Waals surface area contributed by atoms with Gasteiger partial charge in [-0.15, -0.1) is 0 Å². The molecular weight excluding hydrogens is 391 g/mol. The van der Waals surface area contributed by atoms with Crippen molar-refractivity contribution in [2.45, 2.75) is 17.8 Å². The zero-order valence-corrected chi connectivity index (χ0v) is 14.2. The summed E-state index contributed by atoms with van der Waals surface area (Å²) >= 11 is 0.901. The number of aryl methyl sites for hydroxylation is 1. The molecule has 25 heavy (non-hydrogen) atoms. The second-order valence-electron chi connectivity index (χ2n) is 4.79. The summed E-state index contributed by atoms with van der Waals surface area (Å²) < 4.78 is 99.6. The Morgan fingerprint density at radius 3 is 1.88 bits per heavy atom. The van der Waals surface area contributed by atoms with Crippen LogP contribution in [0.4, 0.5) is 22.0 Å². The number of benzene rings is 1. The molecule has 12 heteroatoms. The number of rotatable bonds is 4. The van der Waals surface area contributed by atoms with E-state index in [1.54, 1.807) is 0 Å². The summed E-state index contributed by atoms with van der Waals surface area (Å²) in [4.78, 5) is 7.53. The molecule has 0 amide bonds. The van der Waals surface area contributed by atoms with Crippen molar-refractivity contribution in [3.05, 3.63) is 40.3 Å². The van der Waals surface area contributed by atoms with Crippen LogP contribution in [0.1, 0.15) is 11.3 Å². The van der Waals surface area contributed by atoms with E-state index in [0.717, 1.165) is 11.8 Å². The van der Waals surface area contributed by atoms with Crippen LogP contribution in [0.3, 0.4) is 0 Å². The molecule has 0 spiro atoms. The Hall–Kier alpha value is -1.79. The van der Waals surface area contributed by atoms with E-state index in [0.29, 0.717) is 0 Å². The average Bonchev–Trinajstić information content (AvgIpc) is 2.52. The van der Waals surface area contributed by atoms with Gasteiger partial charge in [0.15, 0.2) is 28.4 Å². The molecule has 0 unspecified atom stereocenters. The van der Waals surface area contributed by atoms with Gasteiger partial charge in [-0.3, -0.25) is 4.55 Å². The minimum Gasteiger partial charge on any atom is -0.285 e. The van der Waals surface area contributed by atoms with Crippen LogP contribution in [0.25, 0.3) is 11.3 Å². The maximum Gasteiger partial charge on any atom is 0.269 e. The fourth-order valence-electron chi connectivity index (χ4n) is 2.04. The van der Waals surface area contributed by atoms with E-state index in [-0.39, 0.29) is 10.9 Å². The molecule has 5 nitrogen and oxygen atoms in total. The van der Waals surface area contributed by atoms with Gasteiger partial charge in [0.05, 0.1) is 11.3 Å². The zero-order chi connectivity index (χ0) is 19.1. The number of hydrogen-bond donors (Lipinski definition) is 1. The van der Waals surface area contributed by atoms with Crippen molar-refractivity contribution in [2.24, 2.45) is 0 Å². The van der Waals surface area contributed by atoms with Crippen molar-refractivity contribution >= 4 is 21.9 Å². The van der Waals surface area contributed by atoms with Crippen molar-refractivity contribution in [3.63, 3.8) is 0 Å². The van der Waals surface area contributed by atoms with E-state index in [1.165, 1.54) is 13.2 Å². The van der Waals surface area contributed by atoms with E-state index in [1.807, 2.05) is 0 Å². The molecule has 0 bridgehead atoms. The third-order valence-corrected chi connectivity index (χ3v) is 4.35. The molecule has 1 N–H and O–H groups in total. The van der Waals surface area contributed by atoms with Crippen molar-refractivity contribution in [1.82, 2.24) is 9.97 Å². The molecule has 0 saturated carbocycles. The summed E-state index contributed by atoms with van der Waals surface area (Å²) in [5.74, 6) is -12.3. The van der Waals surface area contributed by atoms with Crippen molar-refractivity contribution in [1.29, 1.82) is 0 Å². The van der Waals surface area contributed by atoms with Crippen LogP contribution in [0.2, 0.25) is 0 Å². The first-order chi connectivity index (χ1) is 11.5. The van der Waals surface area contributed by atoms with Crippen LogP contribution in [-0.4, -0.2) is 29.2 Å². The topological polar surface area (TPSA) is 80.2 Å². The highest BCUT2D eigenvalue weighted by Gasteiger charge is 2.30. The lowest BCUT2D eigenvalue weighted by molar-refractivity contribution is 0.381. The monoisotopic (exact) mass is 400 g/mol. The van der Waals surface area contributed by atoms with E-state index >= 15 is 0 Å². The van der Waals surface area contributed by atoms with E-state index in [2.05, 4.69) is 9.97 Å².